The van der Waals surface area contributed by atoms with Crippen molar-refractivity contribution >= 4 is 16.7 Å². The first kappa shape index (κ1) is 22.9. The Morgan fingerprint density at radius 1 is 1.06 bits per heavy atom. The van der Waals surface area contributed by atoms with Crippen LogP contribution in [0.1, 0.15) is 56.2 Å². The molecule has 0 saturated carbocycles. The molecule has 7 heteroatoms. The minimum absolute atomic E-state index is 0.0490. The van der Waals surface area contributed by atoms with Gasteiger partial charge in [0.05, 0.1) is 35.8 Å². The van der Waals surface area contributed by atoms with Gasteiger partial charge in [0.2, 0.25) is 0 Å². The molecular formula is C25H26N2O5. The summed E-state index contributed by atoms with van der Waals surface area (Å²) >= 11 is 0. The number of hydrogen-bond donors (Lipinski definition) is 1. The van der Waals surface area contributed by atoms with Gasteiger partial charge in [0.15, 0.2) is 0 Å². The van der Waals surface area contributed by atoms with Crippen LogP contribution in [-0.2, 0) is 0 Å². The number of nitrogens with zero attached hydrogens (tertiary/aromatic N) is 2. The Kier molecular flexibility index (Phi) is 7.87. The summed E-state index contributed by atoms with van der Waals surface area (Å²) in [6.07, 6.45) is 3.77. The average Bonchev–Trinajstić information content (AvgIpc) is 2.81. The molecule has 0 bridgehead atoms. The number of fused-ring (bicyclic) bond motifs is 1. The fourth-order valence-corrected chi connectivity index (χ4v) is 3.16. The highest BCUT2D eigenvalue weighted by Crippen LogP contribution is 2.32. The predicted octanol–water partition coefficient (Wildman–Crippen LogP) is 5.25. The number of nitriles is 1. The summed E-state index contributed by atoms with van der Waals surface area (Å²) in [5.41, 5.74) is 0.749. The van der Waals surface area contributed by atoms with Crippen molar-refractivity contribution in [2.75, 3.05) is 13.2 Å². The van der Waals surface area contributed by atoms with Crippen molar-refractivity contribution in [3.05, 3.63) is 69.6 Å². The fraction of sp³-hybridized carbons (Fsp3) is 0.320. The molecule has 1 aromatic heterocycles. The van der Waals surface area contributed by atoms with Crippen molar-refractivity contribution in [3.8, 4) is 17.6 Å². The maximum Gasteiger partial charge on any atom is 0.345 e. The van der Waals surface area contributed by atoms with Crippen molar-refractivity contribution in [2.24, 2.45) is 5.16 Å². The molecule has 3 rings (SSSR count). The van der Waals surface area contributed by atoms with Gasteiger partial charge in [-0.05, 0) is 31.0 Å². The lowest BCUT2D eigenvalue weighted by Crippen LogP contribution is -2.16. The third-order valence-electron chi connectivity index (χ3n) is 4.95. The van der Waals surface area contributed by atoms with Crippen LogP contribution < -0.4 is 15.1 Å². The van der Waals surface area contributed by atoms with E-state index in [9.17, 15) is 10.0 Å². The molecule has 0 spiro atoms. The van der Waals surface area contributed by atoms with E-state index in [4.69, 9.17) is 19.2 Å². The number of benzene rings is 2. The number of ether oxygens (including phenoxy) is 2. The van der Waals surface area contributed by atoms with Gasteiger partial charge in [0, 0.05) is 17.7 Å². The number of unbranched alkanes of at least 4 members (excludes halogenated alkanes) is 2. The van der Waals surface area contributed by atoms with Crippen LogP contribution in [0, 0.1) is 11.3 Å². The summed E-state index contributed by atoms with van der Waals surface area (Å²) in [5.74, 6) is 1.10. The van der Waals surface area contributed by atoms with Crippen LogP contribution in [0.5, 0.6) is 11.5 Å². The molecule has 0 aliphatic carbocycles. The highest BCUT2D eigenvalue weighted by atomic mass is 16.5. The molecule has 1 heterocycles. The summed E-state index contributed by atoms with van der Waals surface area (Å²) < 4.78 is 17.3. The molecule has 0 atom stereocenters. The minimum Gasteiger partial charge on any atom is -0.493 e. The van der Waals surface area contributed by atoms with Gasteiger partial charge < -0.3 is 19.1 Å². The maximum absolute atomic E-state index is 12.8. The first-order valence-electron chi connectivity index (χ1n) is 10.7. The van der Waals surface area contributed by atoms with E-state index >= 15 is 0 Å². The Hall–Kier alpha value is -3.79. The van der Waals surface area contributed by atoms with Crippen LogP contribution in [0.4, 0.5) is 0 Å². The van der Waals surface area contributed by atoms with Gasteiger partial charge in [0.1, 0.15) is 22.8 Å². The lowest BCUT2D eigenvalue weighted by atomic mass is 10.0. The maximum atomic E-state index is 12.8. The normalized spacial score (nSPS) is 11.3. The first-order chi connectivity index (χ1) is 15.6. The minimum atomic E-state index is -0.653. The van der Waals surface area contributed by atoms with Crippen LogP contribution in [0.25, 0.3) is 11.0 Å². The Morgan fingerprint density at radius 3 is 2.38 bits per heavy atom. The van der Waals surface area contributed by atoms with Crippen molar-refractivity contribution in [1.29, 1.82) is 5.26 Å². The molecular weight excluding hydrogens is 408 g/mol. The Morgan fingerprint density at radius 2 is 1.75 bits per heavy atom. The van der Waals surface area contributed by atoms with Crippen LogP contribution in [0.2, 0.25) is 0 Å². The largest absolute Gasteiger partial charge is 0.493 e. The summed E-state index contributed by atoms with van der Waals surface area (Å²) in [4.78, 5) is 12.8. The Balaban J connectivity index is 2.08. The molecule has 166 valence electrons. The molecule has 0 fully saturated rings. The Bertz CT molecular complexity index is 1190. The zero-order valence-corrected chi connectivity index (χ0v) is 18.3. The van der Waals surface area contributed by atoms with Crippen molar-refractivity contribution in [2.45, 2.75) is 39.5 Å². The molecule has 3 aromatic rings. The summed E-state index contributed by atoms with van der Waals surface area (Å²) in [5, 5.41) is 22.6. The summed E-state index contributed by atoms with van der Waals surface area (Å²) in [6, 6.07) is 13.5. The van der Waals surface area contributed by atoms with Gasteiger partial charge in [-0.25, -0.2) is 4.79 Å². The monoisotopic (exact) mass is 434 g/mol. The molecule has 2 aromatic carbocycles. The van der Waals surface area contributed by atoms with E-state index in [1.54, 1.807) is 42.5 Å². The molecule has 1 N–H and O–H groups in total. The van der Waals surface area contributed by atoms with E-state index in [1.165, 1.54) is 0 Å². The Labute approximate surface area is 186 Å². The molecule has 0 aliphatic heterocycles. The zero-order valence-electron chi connectivity index (χ0n) is 18.3. The topological polar surface area (TPSA) is 105 Å². The molecule has 0 aliphatic rings. The van der Waals surface area contributed by atoms with Gasteiger partial charge in [0.25, 0.3) is 0 Å². The fourth-order valence-electron chi connectivity index (χ4n) is 3.16. The number of rotatable bonds is 10. The lowest BCUT2D eigenvalue weighted by Gasteiger charge is -2.13. The first-order valence-corrected chi connectivity index (χ1v) is 10.7. The SMILES string of the molecule is CCCCOc1cc(OCCCC)c2cc(C(=NO)c3ccc(C#N)cc3)c(=O)oc2c1. The number of oxime groups is 1. The van der Waals surface area contributed by atoms with Gasteiger partial charge >= 0.3 is 5.63 Å². The second kappa shape index (κ2) is 11.0. The van der Waals surface area contributed by atoms with Crippen molar-refractivity contribution in [1.82, 2.24) is 0 Å². The van der Waals surface area contributed by atoms with Gasteiger partial charge in [-0.1, -0.05) is 44.0 Å². The average molecular weight is 434 g/mol. The quantitative estimate of drug-likeness (QED) is 0.154. The van der Waals surface area contributed by atoms with Gasteiger partial charge in [-0.2, -0.15) is 5.26 Å². The van der Waals surface area contributed by atoms with E-state index in [-0.39, 0.29) is 11.3 Å². The third-order valence-corrected chi connectivity index (χ3v) is 4.95. The van der Waals surface area contributed by atoms with Crippen molar-refractivity contribution in [3.63, 3.8) is 0 Å². The van der Waals surface area contributed by atoms with Crippen molar-refractivity contribution < 1.29 is 19.1 Å². The molecule has 0 saturated heterocycles. The van der Waals surface area contributed by atoms with Crippen LogP contribution >= 0.6 is 0 Å². The molecule has 0 unspecified atom stereocenters. The van der Waals surface area contributed by atoms with E-state index in [1.807, 2.05) is 6.07 Å². The molecule has 0 amide bonds. The predicted molar refractivity (Wildman–Crippen MR) is 122 cm³/mol. The smallest absolute Gasteiger partial charge is 0.345 e. The van der Waals surface area contributed by atoms with E-state index < -0.39 is 5.63 Å². The zero-order chi connectivity index (χ0) is 22.9. The standard InChI is InChI=1S/C25H26N2O5/c1-3-5-11-30-19-13-22(31-12-6-4-2)20-15-21(25(28)32-23(20)14-19)24(27-29)18-9-7-17(16-26)8-10-18/h7-10,13-15,29H,3-6,11-12H2,1-2H3. The second-order valence-electron chi connectivity index (χ2n) is 7.32. The number of hydrogen-bond acceptors (Lipinski definition) is 7. The lowest BCUT2D eigenvalue weighted by molar-refractivity contribution is 0.296. The van der Waals surface area contributed by atoms with Crippen LogP contribution in [-0.4, -0.2) is 24.1 Å². The van der Waals surface area contributed by atoms with Crippen LogP contribution in [0.3, 0.4) is 0 Å². The highest BCUT2D eigenvalue weighted by Gasteiger charge is 2.18. The van der Waals surface area contributed by atoms with Crippen LogP contribution in [0.15, 0.2) is 56.8 Å². The van der Waals surface area contributed by atoms with E-state index in [2.05, 4.69) is 19.0 Å². The van der Waals surface area contributed by atoms with Gasteiger partial charge in [-0.3, -0.25) is 0 Å². The van der Waals surface area contributed by atoms with E-state index in [0.717, 1.165) is 25.7 Å². The third kappa shape index (κ3) is 5.27. The molecule has 32 heavy (non-hydrogen) atoms. The highest BCUT2D eigenvalue weighted by molar-refractivity contribution is 6.13. The molecule has 7 nitrogen and oxygen atoms in total. The summed E-state index contributed by atoms with van der Waals surface area (Å²) in [6.45, 7) is 5.22. The molecule has 0 radical (unpaired) electrons. The summed E-state index contributed by atoms with van der Waals surface area (Å²) in [7, 11) is 0. The van der Waals surface area contributed by atoms with E-state index in [0.29, 0.717) is 46.8 Å². The van der Waals surface area contributed by atoms with Gasteiger partial charge in [-0.15, -0.1) is 0 Å². The second-order valence-corrected chi connectivity index (χ2v) is 7.32.